The number of halogens is 1. The van der Waals surface area contributed by atoms with Crippen molar-refractivity contribution >= 4 is 17.6 Å². The van der Waals surface area contributed by atoms with Crippen LogP contribution in [0.15, 0.2) is 18.2 Å². The van der Waals surface area contributed by atoms with E-state index in [4.69, 9.17) is 5.73 Å². The van der Waals surface area contributed by atoms with Crippen LogP contribution in [0.3, 0.4) is 0 Å². The summed E-state index contributed by atoms with van der Waals surface area (Å²) >= 11 is 0. The van der Waals surface area contributed by atoms with Crippen molar-refractivity contribution in [2.75, 3.05) is 12.8 Å². The predicted octanol–water partition coefficient (Wildman–Crippen LogP) is 0.699. The second kappa shape index (κ2) is 5.29. The highest BCUT2D eigenvalue weighted by Gasteiger charge is 2.18. The Labute approximate surface area is 97.7 Å². The fourth-order valence-electron chi connectivity index (χ4n) is 1.23. The Hall–Kier alpha value is -2.11. The minimum Gasteiger partial charge on any atom is -0.467 e. The summed E-state index contributed by atoms with van der Waals surface area (Å²) in [6.45, 7) is 1.44. The third-order valence-electron chi connectivity index (χ3n) is 2.14. The molecule has 1 aromatic carbocycles. The Morgan fingerprint density at radius 2 is 2.12 bits per heavy atom. The van der Waals surface area contributed by atoms with Gasteiger partial charge in [-0.3, -0.25) is 4.79 Å². The van der Waals surface area contributed by atoms with Gasteiger partial charge in [-0.05, 0) is 25.1 Å². The van der Waals surface area contributed by atoms with Crippen LogP contribution in [0.25, 0.3) is 0 Å². The summed E-state index contributed by atoms with van der Waals surface area (Å²) in [4.78, 5) is 22.7. The molecular formula is C11H13FN2O3. The molecule has 0 aliphatic heterocycles. The molecule has 0 heterocycles. The number of hydrogen-bond donors (Lipinski definition) is 2. The third-order valence-corrected chi connectivity index (χ3v) is 2.14. The van der Waals surface area contributed by atoms with E-state index in [1.54, 1.807) is 0 Å². The minimum atomic E-state index is -0.843. The van der Waals surface area contributed by atoms with E-state index < -0.39 is 23.7 Å². The van der Waals surface area contributed by atoms with Gasteiger partial charge in [0.25, 0.3) is 5.91 Å². The number of nitrogens with two attached hydrogens (primary N) is 1. The second-order valence-electron chi connectivity index (χ2n) is 3.46. The third kappa shape index (κ3) is 3.17. The maximum absolute atomic E-state index is 13.4. The van der Waals surface area contributed by atoms with Crippen LogP contribution in [0.5, 0.6) is 0 Å². The zero-order valence-corrected chi connectivity index (χ0v) is 9.49. The smallest absolute Gasteiger partial charge is 0.328 e. The molecule has 5 nitrogen and oxygen atoms in total. The number of hydrogen-bond acceptors (Lipinski definition) is 4. The summed E-state index contributed by atoms with van der Waals surface area (Å²) < 4.78 is 17.8. The predicted molar refractivity (Wildman–Crippen MR) is 59.8 cm³/mol. The molecule has 1 rings (SSSR count). The number of methoxy groups -OCH3 is 1. The van der Waals surface area contributed by atoms with Crippen LogP contribution >= 0.6 is 0 Å². The fraction of sp³-hybridized carbons (Fsp3) is 0.273. The van der Waals surface area contributed by atoms with E-state index in [9.17, 15) is 14.0 Å². The van der Waals surface area contributed by atoms with Crippen molar-refractivity contribution in [2.24, 2.45) is 0 Å². The Morgan fingerprint density at radius 3 is 2.65 bits per heavy atom. The Kier molecular flexibility index (Phi) is 4.03. The standard InChI is InChI=1S/C11H13FN2O3/c1-6(11(16)17-2)14-10(15)8-4-3-7(13)5-9(8)12/h3-6H,13H2,1-2H3,(H,14,15). The number of benzene rings is 1. The number of carbonyl (C=O) groups excluding carboxylic acids is 2. The molecular weight excluding hydrogens is 227 g/mol. The van der Waals surface area contributed by atoms with Crippen molar-refractivity contribution in [3.8, 4) is 0 Å². The molecule has 0 aromatic heterocycles. The van der Waals surface area contributed by atoms with Gasteiger partial charge in [-0.25, -0.2) is 9.18 Å². The van der Waals surface area contributed by atoms with Gasteiger partial charge in [-0.15, -0.1) is 0 Å². The first-order valence-corrected chi connectivity index (χ1v) is 4.89. The largest absolute Gasteiger partial charge is 0.467 e. The number of esters is 1. The molecule has 1 aromatic rings. The molecule has 1 atom stereocenters. The lowest BCUT2D eigenvalue weighted by molar-refractivity contribution is -0.142. The molecule has 0 bridgehead atoms. The van der Waals surface area contributed by atoms with Crippen LogP contribution in [-0.4, -0.2) is 25.0 Å². The molecule has 92 valence electrons. The van der Waals surface area contributed by atoms with Crippen molar-refractivity contribution in [1.29, 1.82) is 0 Å². The highest BCUT2D eigenvalue weighted by atomic mass is 19.1. The van der Waals surface area contributed by atoms with Gasteiger partial charge in [0.05, 0.1) is 12.7 Å². The van der Waals surface area contributed by atoms with Crippen LogP contribution in [-0.2, 0) is 9.53 Å². The number of nitrogen functional groups attached to an aromatic ring is 1. The van der Waals surface area contributed by atoms with E-state index in [1.165, 1.54) is 26.2 Å². The number of anilines is 1. The summed E-state index contributed by atoms with van der Waals surface area (Å²) in [5.74, 6) is -2.03. The maximum Gasteiger partial charge on any atom is 0.328 e. The molecule has 1 amide bonds. The van der Waals surface area contributed by atoms with Gasteiger partial charge in [0.2, 0.25) is 0 Å². The van der Waals surface area contributed by atoms with Crippen molar-refractivity contribution in [3.05, 3.63) is 29.6 Å². The van der Waals surface area contributed by atoms with E-state index in [-0.39, 0.29) is 11.3 Å². The van der Waals surface area contributed by atoms with Crippen molar-refractivity contribution in [2.45, 2.75) is 13.0 Å². The number of amides is 1. The van der Waals surface area contributed by atoms with E-state index in [1.807, 2.05) is 0 Å². The summed E-state index contributed by atoms with van der Waals surface area (Å²) in [5.41, 5.74) is 5.40. The average molecular weight is 240 g/mol. The monoisotopic (exact) mass is 240 g/mol. The quantitative estimate of drug-likeness (QED) is 0.602. The normalized spacial score (nSPS) is 11.7. The molecule has 1 unspecified atom stereocenters. The summed E-state index contributed by atoms with van der Waals surface area (Å²) in [6, 6.07) is 2.85. The van der Waals surface area contributed by atoms with Crippen molar-refractivity contribution in [1.82, 2.24) is 5.32 Å². The van der Waals surface area contributed by atoms with Gasteiger partial charge in [0, 0.05) is 5.69 Å². The SMILES string of the molecule is COC(=O)C(C)NC(=O)c1ccc(N)cc1F. The first-order valence-electron chi connectivity index (χ1n) is 4.89. The van der Waals surface area contributed by atoms with Crippen LogP contribution in [0.1, 0.15) is 17.3 Å². The molecule has 6 heteroatoms. The van der Waals surface area contributed by atoms with E-state index in [0.29, 0.717) is 0 Å². The Balaban J connectivity index is 2.80. The van der Waals surface area contributed by atoms with Gasteiger partial charge in [-0.1, -0.05) is 0 Å². The molecule has 0 fully saturated rings. The molecule has 0 saturated heterocycles. The van der Waals surface area contributed by atoms with Gasteiger partial charge in [0.15, 0.2) is 0 Å². The number of nitrogens with one attached hydrogen (secondary N) is 1. The average Bonchev–Trinajstić information content (AvgIpc) is 2.27. The van der Waals surface area contributed by atoms with Gasteiger partial charge < -0.3 is 15.8 Å². The molecule has 0 saturated carbocycles. The highest BCUT2D eigenvalue weighted by Crippen LogP contribution is 2.11. The Morgan fingerprint density at radius 1 is 1.47 bits per heavy atom. The lowest BCUT2D eigenvalue weighted by Gasteiger charge is -2.11. The first-order chi connectivity index (χ1) is 7.95. The summed E-state index contributed by atoms with van der Waals surface area (Å²) in [5, 5.41) is 2.31. The molecule has 0 radical (unpaired) electrons. The zero-order chi connectivity index (χ0) is 13.0. The molecule has 17 heavy (non-hydrogen) atoms. The number of carbonyl (C=O) groups is 2. The zero-order valence-electron chi connectivity index (χ0n) is 9.49. The number of rotatable bonds is 3. The van der Waals surface area contributed by atoms with E-state index in [2.05, 4.69) is 10.1 Å². The topological polar surface area (TPSA) is 81.4 Å². The van der Waals surface area contributed by atoms with Gasteiger partial charge in [-0.2, -0.15) is 0 Å². The molecule has 3 N–H and O–H groups in total. The maximum atomic E-state index is 13.4. The molecule has 0 spiro atoms. The minimum absolute atomic E-state index is 0.171. The van der Waals surface area contributed by atoms with Crippen LogP contribution in [0.2, 0.25) is 0 Å². The Bertz CT molecular complexity index is 448. The van der Waals surface area contributed by atoms with Crippen LogP contribution in [0, 0.1) is 5.82 Å². The number of ether oxygens (including phenoxy) is 1. The van der Waals surface area contributed by atoms with Crippen LogP contribution < -0.4 is 11.1 Å². The fourth-order valence-corrected chi connectivity index (χ4v) is 1.23. The molecule has 0 aliphatic rings. The van der Waals surface area contributed by atoms with Crippen molar-refractivity contribution in [3.63, 3.8) is 0 Å². The first kappa shape index (κ1) is 13.0. The molecule has 0 aliphatic carbocycles. The lowest BCUT2D eigenvalue weighted by atomic mass is 10.1. The van der Waals surface area contributed by atoms with E-state index >= 15 is 0 Å². The highest BCUT2D eigenvalue weighted by molar-refractivity contribution is 5.97. The van der Waals surface area contributed by atoms with Gasteiger partial charge >= 0.3 is 5.97 Å². The van der Waals surface area contributed by atoms with E-state index in [0.717, 1.165) is 6.07 Å². The summed E-state index contributed by atoms with van der Waals surface area (Å²) in [6.07, 6.45) is 0. The summed E-state index contributed by atoms with van der Waals surface area (Å²) in [7, 11) is 1.20. The second-order valence-corrected chi connectivity index (χ2v) is 3.46. The lowest BCUT2D eigenvalue weighted by Crippen LogP contribution is -2.39. The van der Waals surface area contributed by atoms with Crippen LogP contribution in [0.4, 0.5) is 10.1 Å². The van der Waals surface area contributed by atoms with Crippen molar-refractivity contribution < 1.29 is 18.7 Å². The van der Waals surface area contributed by atoms with Gasteiger partial charge in [0.1, 0.15) is 11.9 Å².